The maximum atomic E-state index is 12.6. The number of benzene rings is 1. The fraction of sp³-hybridized carbons (Fsp3) is 0.571. The van der Waals surface area contributed by atoms with Gasteiger partial charge in [-0.1, -0.05) is 24.3 Å². The summed E-state index contributed by atoms with van der Waals surface area (Å²) in [5, 5.41) is 3.05. The van der Waals surface area contributed by atoms with Gasteiger partial charge in [0.05, 0.1) is 6.54 Å². The van der Waals surface area contributed by atoms with E-state index in [0.717, 1.165) is 24.0 Å². The second-order valence-electron chi connectivity index (χ2n) is 5.05. The highest BCUT2D eigenvalue weighted by molar-refractivity contribution is 5.27. The highest BCUT2D eigenvalue weighted by Crippen LogP contribution is 2.31. The predicted octanol–water partition coefficient (Wildman–Crippen LogP) is 2.93. The van der Waals surface area contributed by atoms with Crippen LogP contribution in [0.3, 0.4) is 0 Å². The molecule has 1 aromatic rings. The van der Waals surface area contributed by atoms with Crippen molar-refractivity contribution in [2.24, 2.45) is 0 Å². The smallest absolute Gasteiger partial charge is 0.316 e. The molecule has 1 aliphatic rings. The van der Waals surface area contributed by atoms with E-state index in [-0.39, 0.29) is 6.04 Å². The van der Waals surface area contributed by atoms with Crippen LogP contribution in [-0.4, -0.2) is 30.7 Å². The summed E-state index contributed by atoms with van der Waals surface area (Å²) < 4.78 is 37.8. The van der Waals surface area contributed by atoms with E-state index in [0.29, 0.717) is 13.1 Å². The topological polar surface area (TPSA) is 15.3 Å². The van der Waals surface area contributed by atoms with Crippen molar-refractivity contribution in [1.82, 2.24) is 10.2 Å². The zero-order chi connectivity index (χ0) is 13.9. The Bertz CT molecular complexity index is 413. The zero-order valence-corrected chi connectivity index (χ0v) is 11.0. The van der Waals surface area contributed by atoms with E-state index in [1.165, 1.54) is 0 Å². The van der Waals surface area contributed by atoms with E-state index < -0.39 is 12.7 Å². The van der Waals surface area contributed by atoms with Gasteiger partial charge in [0, 0.05) is 19.1 Å². The molecule has 5 heteroatoms. The summed E-state index contributed by atoms with van der Waals surface area (Å²) in [5.74, 6) is 0. The number of nitrogens with one attached hydrogen (secondary N) is 1. The van der Waals surface area contributed by atoms with Gasteiger partial charge in [-0.15, -0.1) is 0 Å². The van der Waals surface area contributed by atoms with Gasteiger partial charge in [0.1, 0.15) is 0 Å². The average molecular weight is 272 g/mol. The van der Waals surface area contributed by atoms with Gasteiger partial charge in [-0.2, -0.15) is 13.2 Å². The molecule has 0 heterocycles. The van der Waals surface area contributed by atoms with Crippen molar-refractivity contribution in [3.8, 4) is 0 Å². The molecule has 0 spiro atoms. The van der Waals surface area contributed by atoms with E-state index in [1.807, 2.05) is 31.3 Å². The molecule has 0 aliphatic heterocycles. The number of hydrogen-bond acceptors (Lipinski definition) is 2. The fourth-order valence-electron chi connectivity index (χ4n) is 2.28. The van der Waals surface area contributed by atoms with Crippen LogP contribution in [0.4, 0.5) is 13.2 Å². The summed E-state index contributed by atoms with van der Waals surface area (Å²) in [6, 6.07) is 7.78. The van der Waals surface area contributed by atoms with Gasteiger partial charge < -0.3 is 5.32 Å². The fourth-order valence-corrected chi connectivity index (χ4v) is 2.28. The van der Waals surface area contributed by atoms with Crippen LogP contribution in [0.1, 0.15) is 24.0 Å². The van der Waals surface area contributed by atoms with Crippen molar-refractivity contribution in [1.29, 1.82) is 0 Å². The summed E-state index contributed by atoms with van der Waals surface area (Å²) in [6.45, 7) is 0.244. The summed E-state index contributed by atoms with van der Waals surface area (Å²) in [5.41, 5.74) is 2.05. The molecule has 2 rings (SSSR count). The molecule has 0 bridgehead atoms. The molecule has 1 aliphatic carbocycles. The van der Waals surface area contributed by atoms with Crippen LogP contribution in [0.5, 0.6) is 0 Å². The minimum absolute atomic E-state index is 0.101. The monoisotopic (exact) mass is 272 g/mol. The standard InChI is InChI=1S/C14H19F3N2/c1-18-8-11-4-2-3-5-12(11)9-19(13-6-7-13)10-14(15,16)17/h2-5,13,18H,6-10H2,1H3. The number of halogens is 3. The lowest BCUT2D eigenvalue weighted by Gasteiger charge is -2.24. The summed E-state index contributed by atoms with van der Waals surface area (Å²) in [7, 11) is 1.84. The van der Waals surface area contributed by atoms with Crippen LogP contribution in [-0.2, 0) is 13.1 Å². The Hall–Kier alpha value is -1.07. The van der Waals surface area contributed by atoms with Crippen LogP contribution in [0.25, 0.3) is 0 Å². The predicted molar refractivity (Wildman–Crippen MR) is 68.7 cm³/mol. The molecule has 0 saturated heterocycles. The third kappa shape index (κ3) is 4.51. The number of nitrogens with zero attached hydrogens (tertiary/aromatic N) is 1. The second kappa shape index (κ2) is 5.92. The van der Waals surface area contributed by atoms with Crippen molar-refractivity contribution in [2.75, 3.05) is 13.6 Å². The first-order valence-electron chi connectivity index (χ1n) is 6.52. The van der Waals surface area contributed by atoms with Crippen LogP contribution >= 0.6 is 0 Å². The van der Waals surface area contributed by atoms with E-state index in [9.17, 15) is 13.2 Å². The molecule has 0 atom stereocenters. The molecule has 2 nitrogen and oxygen atoms in total. The first-order chi connectivity index (χ1) is 8.99. The molecule has 106 valence electrons. The highest BCUT2D eigenvalue weighted by Gasteiger charge is 2.38. The number of alkyl halides is 3. The maximum absolute atomic E-state index is 12.6. The summed E-state index contributed by atoms with van der Waals surface area (Å²) >= 11 is 0. The van der Waals surface area contributed by atoms with E-state index in [4.69, 9.17) is 0 Å². The molecule has 19 heavy (non-hydrogen) atoms. The zero-order valence-electron chi connectivity index (χ0n) is 11.0. The Labute approximate surface area is 111 Å². The summed E-state index contributed by atoms with van der Waals surface area (Å²) in [6.07, 6.45) is -2.37. The van der Waals surface area contributed by atoms with Gasteiger partial charge in [0.2, 0.25) is 0 Å². The number of rotatable bonds is 6. The van der Waals surface area contributed by atoms with Crippen LogP contribution in [0, 0.1) is 0 Å². The van der Waals surface area contributed by atoms with E-state index in [2.05, 4.69) is 5.32 Å². The van der Waals surface area contributed by atoms with E-state index >= 15 is 0 Å². The van der Waals surface area contributed by atoms with E-state index in [1.54, 1.807) is 4.90 Å². The lowest BCUT2D eigenvalue weighted by molar-refractivity contribution is -0.148. The largest absolute Gasteiger partial charge is 0.401 e. The Morgan fingerprint density at radius 2 is 1.84 bits per heavy atom. The van der Waals surface area contributed by atoms with Crippen molar-refractivity contribution >= 4 is 0 Å². The Kier molecular flexibility index (Phi) is 4.47. The van der Waals surface area contributed by atoms with Crippen molar-refractivity contribution < 1.29 is 13.2 Å². The van der Waals surface area contributed by atoms with Gasteiger partial charge in [-0.25, -0.2) is 0 Å². The minimum Gasteiger partial charge on any atom is -0.316 e. The lowest BCUT2D eigenvalue weighted by atomic mass is 10.1. The molecule has 1 saturated carbocycles. The van der Waals surface area contributed by atoms with Crippen LogP contribution in [0.2, 0.25) is 0 Å². The van der Waals surface area contributed by atoms with Crippen LogP contribution in [0.15, 0.2) is 24.3 Å². The second-order valence-corrected chi connectivity index (χ2v) is 5.05. The van der Waals surface area contributed by atoms with Gasteiger partial charge in [-0.3, -0.25) is 4.90 Å². The third-order valence-corrected chi connectivity index (χ3v) is 3.30. The Balaban J connectivity index is 2.08. The van der Waals surface area contributed by atoms with Crippen LogP contribution < -0.4 is 5.32 Å². The minimum atomic E-state index is -4.12. The first-order valence-corrected chi connectivity index (χ1v) is 6.52. The SMILES string of the molecule is CNCc1ccccc1CN(CC(F)(F)F)C1CC1. The molecule has 0 radical (unpaired) electrons. The lowest BCUT2D eigenvalue weighted by Crippen LogP contribution is -2.35. The molecule has 1 fully saturated rings. The molecular formula is C14H19F3N2. The third-order valence-electron chi connectivity index (χ3n) is 3.30. The highest BCUT2D eigenvalue weighted by atomic mass is 19.4. The average Bonchev–Trinajstić information content (AvgIpc) is 3.13. The number of hydrogen-bond donors (Lipinski definition) is 1. The molecule has 1 aromatic carbocycles. The maximum Gasteiger partial charge on any atom is 0.401 e. The van der Waals surface area contributed by atoms with Crippen molar-refractivity contribution in [2.45, 2.75) is 38.1 Å². The van der Waals surface area contributed by atoms with Gasteiger partial charge in [-0.05, 0) is 31.0 Å². The van der Waals surface area contributed by atoms with Gasteiger partial charge >= 0.3 is 6.18 Å². The molecule has 0 amide bonds. The van der Waals surface area contributed by atoms with Gasteiger partial charge in [0.15, 0.2) is 0 Å². The summed E-state index contributed by atoms with van der Waals surface area (Å²) in [4.78, 5) is 1.55. The van der Waals surface area contributed by atoms with Crippen molar-refractivity contribution in [3.63, 3.8) is 0 Å². The van der Waals surface area contributed by atoms with Gasteiger partial charge in [0.25, 0.3) is 0 Å². The normalized spacial score (nSPS) is 16.1. The quantitative estimate of drug-likeness (QED) is 0.856. The molecule has 0 unspecified atom stereocenters. The first kappa shape index (κ1) is 14.3. The molecular weight excluding hydrogens is 253 g/mol. The molecule has 1 N–H and O–H groups in total. The Morgan fingerprint density at radius 1 is 1.21 bits per heavy atom. The molecule has 0 aromatic heterocycles. The Morgan fingerprint density at radius 3 is 2.37 bits per heavy atom. The van der Waals surface area contributed by atoms with Crippen molar-refractivity contribution in [3.05, 3.63) is 35.4 Å².